The van der Waals surface area contributed by atoms with Crippen LogP contribution in [0.4, 0.5) is 5.69 Å². The molecule has 0 radical (unpaired) electrons. The third-order valence-corrected chi connectivity index (χ3v) is 3.26. The average molecular weight is 230 g/mol. The Hall–Kier alpha value is -1.77. The minimum absolute atomic E-state index is 0.733. The van der Waals surface area contributed by atoms with Crippen LogP contribution in [0.2, 0.25) is 0 Å². The van der Waals surface area contributed by atoms with Gasteiger partial charge in [-0.25, -0.2) is 0 Å². The van der Waals surface area contributed by atoms with Crippen molar-refractivity contribution in [3.63, 3.8) is 0 Å². The number of hydrogen-bond donors (Lipinski definition) is 1. The Bertz CT molecular complexity index is 538. The van der Waals surface area contributed by atoms with E-state index in [0.29, 0.717) is 0 Å². The maximum atomic E-state index is 11.0. The molecule has 1 heterocycles. The van der Waals surface area contributed by atoms with Crippen molar-refractivity contribution in [3.05, 3.63) is 29.5 Å². The molecule has 1 aromatic heterocycles. The average Bonchev–Trinajstić information content (AvgIpc) is 2.74. The Balaban J connectivity index is 2.63. The van der Waals surface area contributed by atoms with Crippen LogP contribution >= 0.6 is 0 Å². The fraction of sp³-hybridized carbons (Fsp3) is 0.357. The first-order valence-corrected chi connectivity index (χ1v) is 6.03. The topological polar surface area (TPSA) is 36.1 Å². The molecule has 0 aliphatic carbocycles. The summed E-state index contributed by atoms with van der Waals surface area (Å²) < 4.78 is 0. The molecule has 0 fully saturated rings. The Labute approximate surface area is 101 Å². The monoisotopic (exact) mass is 230 g/mol. The molecule has 3 heteroatoms. The van der Waals surface area contributed by atoms with Gasteiger partial charge in [0.2, 0.25) is 0 Å². The first-order chi connectivity index (χ1) is 8.21. The molecule has 0 aliphatic heterocycles. The normalized spacial score (nSPS) is 10.8. The second-order valence-corrected chi connectivity index (χ2v) is 4.22. The van der Waals surface area contributed by atoms with Crippen LogP contribution in [0.5, 0.6) is 0 Å². The van der Waals surface area contributed by atoms with Crippen LogP contribution in [-0.4, -0.2) is 24.4 Å². The van der Waals surface area contributed by atoms with Crippen molar-refractivity contribution in [3.8, 4) is 0 Å². The molecular formula is C14H18N2O. The molecule has 17 heavy (non-hydrogen) atoms. The lowest BCUT2D eigenvalue weighted by Gasteiger charge is -2.21. The summed E-state index contributed by atoms with van der Waals surface area (Å²) in [6.07, 6.45) is 2.68. The molecule has 0 bridgehead atoms. The number of nitrogens with one attached hydrogen (secondary N) is 1. The van der Waals surface area contributed by atoms with Crippen molar-refractivity contribution in [2.24, 2.45) is 0 Å². The molecule has 0 saturated carbocycles. The Morgan fingerprint density at radius 3 is 2.59 bits per heavy atom. The minimum Gasteiger partial charge on any atom is -0.372 e. The van der Waals surface area contributed by atoms with Crippen LogP contribution in [-0.2, 0) is 0 Å². The van der Waals surface area contributed by atoms with Gasteiger partial charge in [0, 0.05) is 41.4 Å². The van der Waals surface area contributed by atoms with Gasteiger partial charge in [-0.3, -0.25) is 4.79 Å². The zero-order valence-corrected chi connectivity index (χ0v) is 10.6. The molecule has 3 nitrogen and oxygen atoms in total. The van der Waals surface area contributed by atoms with E-state index >= 15 is 0 Å². The quantitative estimate of drug-likeness (QED) is 0.819. The minimum atomic E-state index is 0.733. The molecule has 2 aromatic rings. The van der Waals surface area contributed by atoms with Gasteiger partial charge in [0.05, 0.1) is 0 Å². The number of benzene rings is 1. The zero-order valence-electron chi connectivity index (χ0n) is 10.6. The number of fused-ring (bicyclic) bond motifs is 1. The number of carbonyl (C=O) groups excluding carboxylic acids is 1. The number of carbonyl (C=O) groups is 1. The number of aryl methyl sites for hydroxylation is 1. The number of aromatic nitrogens is 1. The van der Waals surface area contributed by atoms with Gasteiger partial charge in [-0.15, -0.1) is 0 Å². The van der Waals surface area contributed by atoms with Crippen LogP contribution in [0.15, 0.2) is 18.3 Å². The van der Waals surface area contributed by atoms with E-state index in [1.165, 1.54) is 11.3 Å². The Morgan fingerprint density at radius 1 is 1.29 bits per heavy atom. The van der Waals surface area contributed by atoms with Crippen molar-refractivity contribution in [1.82, 2.24) is 4.98 Å². The number of H-pyrrole nitrogens is 1. The highest BCUT2D eigenvalue weighted by Gasteiger charge is 2.09. The van der Waals surface area contributed by atoms with Gasteiger partial charge in [-0.1, -0.05) is 0 Å². The van der Waals surface area contributed by atoms with Gasteiger partial charge in [0.15, 0.2) is 6.29 Å². The first-order valence-electron chi connectivity index (χ1n) is 6.03. The molecule has 90 valence electrons. The first kappa shape index (κ1) is 11.7. The summed E-state index contributed by atoms with van der Waals surface area (Å²) in [5.74, 6) is 0. The number of anilines is 1. The van der Waals surface area contributed by atoms with Crippen molar-refractivity contribution >= 4 is 22.9 Å². The number of aromatic amines is 1. The summed E-state index contributed by atoms with van der Waals surface area (Å²) >= 11 is 0. The molecule has 0 unspecified atom stereocenters. The second kappa shape index (κ2) is 4.62. The number of aldehydes is 1. The van der Waals surface area contributed by atoms with E-state index in [-0.39, 0.29) is 0 Å². The maximum Gasteiger partial charge on any atom is 0.152 e. The summed E-state index contributed by atoms with van der Waals surface area (Å²) in [5, 5.41) is 1.02. The van der Waals surface area contributed by atoms with E-state index < -0.39 is 0 Å². The highest BCUT2D eigenvalue weighted by Crippen LogP contribution is 2.27. The maximum absolute atomic E-state index is 11.0. The summed E-state index contributed by atoms with van der Waals surface area (Å²) in [4.78, 5) is 16.4. The molecule has 0 amide bonds. The second-order valence-electron chi connectivity index (χ2n) is 4.22. The van der Waals surface area contributed by atoms with E-state index in [1.807, 2.05) is 0 Å². The molecule has 0 aliphatic rings. The van der Waals surface area contributed by atoms with E-state index in [4.69, 9.17) is 0 Å². The van der Waals surface area contributed by atoms with Gasteiger partial charge in [-0.2, -0.15) is 0 Å². The number of nitrogens with zero attached hydrogens (tertiary/aromatic N) is 1. The van der Waals surface area contributed by atoms with E-state index in [2.05, 4.69) is 42.8 Å². The van der Waals surface area contributed by atoms with Crippen LogP contribution < -0.4 is 4.90 Å². The Kier molecular flexibility index (Phi) is 3.18. The fourth-order valence-electron chi connectivity index (χ4n) is 2.28. The standard InChI is InChI=1S/C14H18N2O/c1-4-16(5-2)12-6-10(3)14-13(7-12)11(9-17)8-15-14/h6-9,15H,4-5H2,1-3H3. The van der Waals surface area contributed by atoms with Gasteiger partial charge in [-0.05, 0) is 38.5 Å². The van der Waals surface area contributed by atoms with Crippen LogP contribution in [0, 0.1) is 6.92 Å². The van der Waals surface area contributed by atoms with Crippen molar-refractivity contribution in [1.29, 1.82) is 0 Å². The van der Waals surface area contributed by atoms with E-state index in [9.17, 15) is 4.79 Å². The predicted molar refractivity (Wildman–Crippen MR) is 72.0 cm³/mol. The SMILES string of the molecule is CCN(CC)c1cc(C)c2[nH]cc(C=O)c2c1. The van der Waals surface area contributed by atoms with Gasteiger partial charge in [0.25, 0.3) is 0 Å². The zero-order chi connectivity index (χ0) is 12.4. The highest BCUT2D eigenvalue weighted by molar-refractivity contribution is 6.00. The fourth-order valence-corrected chi connectivity index (χ4v) is 2.28. The van der Waals surface area contributed by atoms with Crippen LogP contribution in [0.3, 0.4) is 0 Å². The van der Waals surface area contributed by atoms with Crippen LogP contribution in [0.25, 0.3) is 10.9 Å². The molecular weight excluding hydrogens is 212 g/mol. The number of rotatable bonds is 4. The lowest BCUT2D eigenvalue weighted by Crippen LogP contribution is -2.21. The molecule has 2 rings (SSSR count). The highest BCUT2D eigenvalue weighted by atomic mass is 16.1. The van der Waals surface area contributed by atoms with Crippen LogP contribution in [0.1, 0.15) is 29.8 Å². The lowest BCUT2D eigenvalue weighted by molar-refractivity contribution is 0.112. The predicted octanol–water partition coefficient (Wildman–Crippen LogP) is 3.14. The third-order valence-electron chi connectivity index (χ3n) is 3.26. The summed E-state index contributed by atoms with van der Waals surface area (Å²) in [7, 11) is 0. The molecule has 0 spiro atoms. The van der Waals surface area contributed by atoms with E-state index in [0.717, 1.165) is 35.8 Å². The van der Waals surface area contributed by atoms with E-state index in [1.54, 1.807) is 6.20 Å². The smallest absolute Gasteiger partial charge is 0.152 e. The van der Waals surface area contributed by atoms with Crippen molar-refractivity contribution in [2.45, 2.75) is 20.8 Å². The summed E-state index contributed by atoms with van der Waals surface area (Å²) in [6, 6.07) is 4.26. The van der Waals surface area contributed by atoms with Gasteiger partial charge < -0.3 is 9.88 Å². The summed E-state index contributed by atoms with van der Waals surface area (Å²) in [5.41, 5.74) is 4.15. The third kappa shape index (κ3) is 1.93. The molecule has 1 aromatic carbocycles. The lowest BCUT2D eigenvalue weighted by atomic mass is 10.1. The summed E-state index contributed by atoms with van der Waals surface area (Å²) in [6.45, 7) is 8.30. The van der Waals surface area contributed by atoms with Crippen molar-refractivity contribution in [2.75, 3.05) is 18.0 Å². The Morgan fingerprint density at radius 2 is 2.00 bits per heavy atom. The van der Waals surface area contributed by atoms with Gasteiger partial charge >= 0.3 is 0 Å². The molecule has 0 atom stereocenters. The van der Waals surface area contributed by atoms with Gasteiger partial charge in [0.1, 0.15) is 0 Å². The van der Waals surface area contributed by atoms with Crippen molar-refractivity contribution < 1.29 is 4.79 Å². The molecule has 1 N–H and O–H groups in total. The molecule has 0 saturated heterocycles. The largest absolute Gasteiger partial charge is 0.372 e. The number of hydrogen-bond acceptors (Lipinski definition) is 2.